The van der Waals surface area contributed by atoms with Gasteiger partial charge in [-0.05, 0) is 36.4 Å². The van der Waals surface area contributed by atoms with E-state index in [2.05, 4.69) is 9.72 Å². The van der Waals surface area contributed by atoms with Gasteiger partial charge in [0.25, 0.3) is 5.56 Å². The predicted molar refractivity (Wildman–Crippen MR) is 128 cm³/mol. The van der Waals surface area contributed by atoms with Crippen molar-refractivity contribution in [3.63, 3.8) is 0 Å². The highest BCUT2D eigenvalue weighted by molar-refractivity contribution is 7.99. The van der Waals surface area contributed by atoms with Gasteiger partial charge in [0.15, 0.2) is 5.16 Å². The molecule has 0 saturated carbocycles. The summed E-state index contributed by atoms with van der Waals surface area (Å²) in [6.07, 6.45) is 0.0277. The van der Waals surface area contributed by atoms with Crippen LogP contribution in [0.1, 0.15) is 6.42 Å². The Morgan fingerprint density at radius 2 is 1.88 bits per heavy atom. The predicted octanol–water partition coefficient (Wildman–Crippen LogP) is 3.24. The average Bonchev–Trinajstić information content (AvgIpc) is 2.83. The first-order chi connectivity index (χ1) is 15.9. The summed E-state index contributed by atoms with van der Waals surface area (Å²) in [5.74, 6) is 0.189. The van der Waals surface area contributed by atoms with Crippen LogP contribution < -0.4 is 10.3 Å². The minimum Gasteiger partial charge on any atom is -0.492 e. The zero-order chi connectivity index (χ0) is 23.8. The van der Waals surface area contributed by atoms with Crippen molar-refractivity contribution in [2.45, 2.75) is 18.1 Å². The Labute approximate surface area is 200 Å². The monoisotopic (exact) mass is 489 g/mol. The molecule has 10 heteroatoms. The van der Waals surface area contributed by atoms with Crippen LogP contribution in [0.5, 0.6) is 5.75 Å². The van der Waals surface area contributed by atoms with E-state index in [1.807, 2.05) is 0 Å². The molecule has 0 N–H and O–H groups in total. The number of likely N-dealkylation sites (N-methyl/N-ethyl adjacent to an activating group) is 1. The number of rotatable bonds is 10. The van der Waals surface area contributed by atoms with E-state index in [1.165, 1.54) is 11.7 Å². The van der Waals surface area contributed by atoms with E-state index in [4.69, 9.17) is 16.3 Å². The fraction of sp³-hybridized carbons (Fsp3) is 0.304. The fourth-order valence-electron chi connectivity index (χ4n) is 2.95. The molecule has 0 aliphatic heterocycles. The van der Waals surface area contributed by atoms with Crippen molar-refractivity contribution in [1.29, 1.82) is 0 Å². The molecule has 0 fully saturated rings. The van der Waals surface area contributed by atoms with Gasteiger partial charge in [0.1, 0.15) is 12.4 Å². The molecule has 0 saturated heterocycles. The molecule has 0 aliphatic rings. The SMILES string of the molecule is COC(=O)CCn1c(SCC(=O)N(C)CCOc2ccc(Cl)cc2)nc2ccccc2c1=O. The normalized spacial score (nSPS) is 10.8. The van der Waals surface area contributed by atoms with E-state index in [1.54, 1.807) is 60.5 Å². The van der Waals surface area contributed by atoms with Gasteiger partial charge in [-0.25, -0.2) is 4.98 Å². The second-order valence-electron chi connectivity index (χ2n) is 7.10. The van der Waals surface area contributed by atoms with E-state index < -0.39 is 5.97 Å². The second kappa shape index (κ2) is 11.7. The van der Waals surface area contributed by atoms with E-state index in [0.717, 1.165) is 11.8 Å². The molecule has 3 rings (SSSR count). The Balaban J connectivity index is 1.64. The number of para-hydroxylation sites is 1. The van der Waals surface area contributed by atoms with Gasteiger partial charge >= 0.3 is 5.97 Å². The van der Waals surface area contributed by atoms with Crippen LogP contribution in [-0.4, -0.2) is 59.4 Å². The van der Waals surface area contributed by atoms with Crippen molar-refractivity contribution in [3.8, 4) is 5.75 Å². The molecule has 0 atom stereocenters. The number of thioether (sulfide) groups is 1. The zero-order valence-corrected chi connectivity index (χ0v) is 19.9. The average molecular weight is 490 g/mol. The number of esters is 1. The molecule has 0 aliphatic carbocycles. The van der Waals surface area contributed by atoms with Gasteiger partial charge in [-0.2, -0.15) is 0 Å². The molecule has 0 unspecified atom stereocenters. The smallest absolute Gasteiger partial charge is 0.307 e. The molecular formula is C23H24ClN3O5S. The Morgan fingerprint density at radius 3 is 2.61 bits per heavy atom. The summed E-state index contributed by atoms with van der Waals surface area (Å²) in [6.45, 7) is 0.833. The maximum atomic E-state index is 13.0. The summed E-state index contributed by atoms with van der Waals surface area (Å²) < 4.78 is 11.7. The van der Waals surface area contributed by atoms with Crippen molar-refractivity contribution >= 4 is 46.1 Å². The number of aromatic nitrogens is 2. The highest BCUT2D eigenvalue weighted by atomic mass is 35.5. The van der Waals surface area contributed by atoms with E-state index in [9.17, 15) is 14.4 Å². The largest absolute Gasteiger partial charge is 0.492 e. The van der Waals surface area contributed by atoms with Crippen LogP contribution in [0.25, 0.3) is 10.9 Å². The van der Waals surface area contributed by atoms with Crippen molar-refractivity contribution < 1.29 is 19.1 Å². The summed E-state index contributed by atoms with van der Waals surface area (Å²) in [5, 5.41) is 1.45. The molecule has 1 amide bonds. The number of amides is 1. The number of hydrogen-bond acceptors (Lipinski definition) is 7. The number of methoxy groups -OCH3 is 1. The van der Waals surface area contributed by atoms with Gasteiger partial charge in [0, 0.05) is 18.6 Å². The Hall–Kier alpha value is -3.04. The van der Waals surface area contributed by atoms with E-state index >= 15 is 0 Å². The number of fused-ring (bicyclic) bond motifs is 1. The van der Waals surface area contributed by atoms with E-state index in [-0.39, 0.29) is 30.2 Å². The Morgan fingerprint density at radius 1 is 1.15 bits per heavy atom. The zero-order valence-electron chi connectivity index (χ0n) is 18.3. The van der Waals surface area contributed by atoms with Gasteiger partial charge in [0.05, 0.1) is 36.7 Å². The lowest BCUT2D eigenvalue weighted by Gasteiger charge is -2.18. The summed E-state index contributed by atoms with van der Waals surface area (Å²) in [6, 6.07) is 14.0. The van der Waals surface area contributed by atoms with E-state index in [0.29, 0.717) is 40.0 Å². The first-order valence-corrected chi connectivity index (χ1v) is 11.6. The number of ether oxygens (including phenoxy) is 2. The summed E-state index contributed by atoms with van der Waals surface area (Å²) >= 11 is 7.01. The molecule has 3 aromatic rings. The van der Waals surface area contributed by atoms with Crippen LogP contribution in [0, 0.1) is 0 Å². The Bertz CT molecular complexity index is 1180. The van der Waals surface area contributed by atoms with Crippen LogP contribution in [-0.2, 0) is 20.9 Å². The lowest BCUT2D eigenvalue weighted by Crippen LogP contribution is -2.32. The first-order valence-electron chi connectivity index (χ1n) is 10.2. The Kier molecular flexibility index (Phi) is 8.73. The van der Waals surface area contributed by atoms with Gasteiger partial charge in [-0.1, -0.05) is 35.5 Å². The summed E-state index contributed by atoms with van der Waals surface area (Å²) in [7, 11) is 2.98. The summed E-state index contributed by atoms with van der Waals surface area (Å²) in [5.41, 5.74) is 0.278. The lowest BCUT2D eigenvalue weighted by molar-refractivity contribution is -0.140. The third kappa shape index (κ3) is 6.72. The molecule has 1 aromatic heterocycles. The molecule has 174 valence electrons. The van der Waals surface area contributed by atoms with Crippen molar-refractivity contribution in [2.24, 2.45) is 0 Å². The van der Waals surface area contributed by atoms with Crippen LogP contribution in [0.3, 0.4) is 0 Å². The van der Waals surface area contributed by atoms with Gasteiger partial charge in [0.2, 0.25) is 5.91 Å². The van der Waals surface area contributed by atoms with Crippen LogP contribution >= 0.6 is 23.4 Å². The third-order valence-corrected chi connectivity index (χ3v) is 6.07. The molecule has 33 heavy (non-hydrogen) atoms. The van der Waals surface area contributed by atoms with Crippen LogP contribution in [0.15, 0.2) is 58.5 Å². The highest BCUT2D eigenvalue weighted by Crippen LogP contribution is 2.19. The maximum absolute atomic E-state index is 13.0. The topological polar surface area (TPSA) is 90.7 Å². The molecule has 0 bridgehead atoms. The van der Waals surface area contributed by atoms with Crippen LogP contribution in [0.4, 0.5) is 0 Å². The minimum absolute atomic E-state index is 0.0277. The standard InChI is InChI=1S/C23H24ClN3O5S/c1-26(13-14-32-17-9-7-16(24)8-10-17)20(28)15-33-23-25-19-6-4-3-5-18(19)22(30)27(23)12-11-21(29)31-2/h3-10H,11-15H2,1-2H3. The molecular weight excluding hydrogens is 466 g/mol. The second-order valence-corrected chi connectivity index (χ2v) is 8.48. The maximum Gasteiger partial charge on any atom is 0.307 e. The quantitative estimate of drug-likeness (QED) is 0.245. The van der Waals surface area contributed by atoms with Gasteiger partial charge in [-0.15, -0.1) is 0 Å². The van der Waals surface area contributed by atoms with Crippen molar-refractivity contribution in [1.82, 2.24) is 14.5 Å². The first kappa shape index (κ1) is 24.6. The fourth-order valence-corrected chi connectivity index (χ4v) is 4.04. The highest BCUT2D eigenvalue weighted by Gasteiger charge is 2.16. The number of carbonyl (C=O) groups is 2. The lowest BCUT2D eigenvalue weighted by atomic mass is 10.2. The minimum atomic E-state index is -0.428. The van der Waals surface area contributed by atoms with Gasteiger partial charge in [-0.3, -0.25) is 19.0 Å². The number of nitrogens with zero attached hydrogens (tertiary/aromatic N) is 3. The molecule has 0 spiro atoms. The molecule has 2 aromatic carbocycles. The van der Waals surface area contributed by atoms with Crippen molar-refractivity contribution in [2.75, 3.05) is 33.1 Å². The third-order valence-electron chi connectivity index (χ3n) is 4.85. The van der Waals surface area contributed by atoms with Gasteiger partial charge < -0.3 is 14.4 Å². The van der Waals surface area contributed by atoms with Crippen molar-refractivity contribution in [3.05, 3.63) is 63.9 Å². The number of halogens is 1. The molecule has 8 nitrogen and oxygen atoms in total. The summed E-state index contributed by atoms with van der Waals surface area (Å²) in [4.78, 5) is 43.3. The molecule has 0 radical (unpaired) electrons. The number of carbonyl (C=O) groups excluding carboxylic acids is 2. The van der Waals surface area contributed by atoms with Crippen LogP contribution in [0.2, 0.25) is 5.02 Å². The number of benzene rings is 2. The number of hydrogen-bond donors (Lipinski definition) is 0. The molecule has 1 heterocycles.